The molecule has 1 N–H and O–H groups in total. The maximum Gasteiger partial charge on any atom is 0.482 e. The fourth-order valence-corrected chi connectivity index (χ4v) is 7.92. The molecule has 1 aromatic carbocycles. The van der Waals surface area contributed by atoms with Gasteiger partial charge in [-0.1, -0.05) is 45.2 Å². The van der Waals surface area contributed by atoms with Crippen molar-refractivity contribution >= 4 is 19.0 Å². The van der Waals surface area contributed by atoms with Crippen molar-refractivity contribution in [1.82, 2.24) is 5.32 Å². The quantitative estimate of drug-likeness (QED) is 0.318. The highest BCUT2D eigenvalue weighted by Gasteiger charge is 2.68. The minimum atomic E-state index is -0.626. The molecule has 0 spiro atoms. The van der Waals surface area contributed by atoms with Gasteiger partial charge in [0.05, 0.1) is 24.8 Å². The van der Waals surface area contributed by atoms with Gasteiger partial charge in [-0.05, 0) is 94.6 Å². The van der Waals surface area contributed by atoms with Gasteiger partial charge in [-0.2, -0.15) is 0 Å². The number of para-hydroxylation sites is 1. The summed E-state index contributed by atoms with van der Waals surface area (Å²) in [5.74, 6) is 1.15. The van der Waals surface area contributed by atoms with Crippen molar-refractivity contribution in [2.45, 2.75) is 123 Å². The number of nitrogens with one attached hydrogen (secondary N) is 1. The fraction of sp³-hybridized carbons (Fsp3) is 0.750. The summed E-state index contributed by atoms with van der Waals surface area (Å²) < 4.78 is 24.9. The van der Waals surface area contributed by atoms with Gasteiger partial charge in [-0.25, -0.2) is 4.79 Å². The van der Waals surface area contributed by atoms with E-state index in [-0.39, 0.29) is 23.0 Å². The van der Waals surface area contributed by atoms with Crippen molar-refractivity contribution in [2.24, 2.45) is 23.2 Å². The monoisotopic (exact) mass is 553 g/mol. The fourth-order valence-electron chi connectivity index (χ4n) is 7.92. The molecular formula is C32H48BNO6. The van der Waals surface area contributed by atoms with Gasteiger partial charge >= 0.3 is 13.1 Å². The van der Waals surface area contributed by atoms with Gasteiger partial charge in [-0.15, -0.1) is 0 Å². The Hall–Kier alpha value is -2.06. The van der Waals surface area contributed by atoms with Crippen LogP contribution >= 0.6 is 0 Å². The van der Waals surface area contributed by atoms with E-state index in [2.05, 4.69) is 26.1 Å². The lowest BCUT2D eigenvalue weighted by Gasteiger charge is -2.64. The summed E-state index contributed by atoms with van der Waals surface area (Å²) in [6, 6.07) is 5.50. The molecule has 0 radical (unpaired) electrons. The van der Waals surface area contributed by atoms with Gasteiger partial charge in [0.25, 0.3) is 0 Å². The minimum Gasteiger partial charge on any atom is -0.496 e. The van der Waals surface area contributed by atoms with Crippen LogP contribution in [0.4, 0.5) is 0 Å². The Morgan fingerprint density at radius 1 is 1.12 bits per heavy atom. The lowest BCUT2D eigenvalue weighted by Crippen LogP contribution is -2.65. The third-order valence-electron chi connectivity index (χ3n) is 10.2. The van der Waals surface area contributed by atoms with Crippen LogP contribution in [0.3, 0.4) is 0 Å². The number of benzene rings is 1. The maximum atomic E-state index is 13.4. The summed E-state index contributed by atoms with van der Waals surface area (Å²) in [5, 5.41) is 3.31. The normalized spacial score (nSPS) is 30.2. The van der Waals surface area contributed by atoms with E-state index in [4.69, 9.17) is 18.8 Å². The molecule has 2 bridgehead atoms. The van der Waals surface area contributed by atoms with E-state index in [1.165, 1.54) is 25.7 Å². The van der Waals surface area contributed by atoms with Crippen molar-refractivity contribution in [1.29, 1.82) is 0 Å². The third-order valence-corrected chi connectivity index (χ3v) is 10.2. The zero-order chi connectivity index (χ0) is 28.9. The molecule has 1 heterocycles. The van der Waals surface area contributed by atoms with E-state index >= 15 is 0 Å². The second-order valence-corrected chi connectivity index (χ2v) is 14.4. The SMILES string of the molecule is COc1c(C[C@H](NC(=O)CC2CCCCC2)B2OC3CC4CC(C4(C)C)C3(C)O2)cccc1C(=O)OC(C)(C)C. The Morgan fingerprint density at radius 2 is 1.85 bits per heavy atom. The molecule has 40 heavy (non-hydrogen) atoms. The number of esters is 1. The molecule has 4 aliphatic carbocycles. The zero-order valence-corrected chi connectivity index (χ0v) is 25.5. The molecule has 4 unspecified atom stereocenters. The van der Waals surface area contributed by atoms with Crippen LogP contribution < -0.4 is 10.1 Å². The topological polar surface area (TPSA) is 83.1 Å². The Morgan fingerprint density at radius 3 is 2.50 bits per heavy atom. The summed E-state index contributed by atoms with van der Waals surface area (Å²) in [4.78, 5) is 26.4. The smallest absolute Gasteiger partial charge is 0.482 e. The van der Waals surface area contributed by atoms with Gasteiger partial charge in [-0.3, -0.25) is 4.79 Å². The Labute approximate surface area is 240 Å². The summed E-state index contributed by atoms with van der Waals surface area (Å²) in [6.45, 7) is 12.4. The van der Waals surface area contributed by atoms with Crippen LogP contribution in [0.5, 0.6) is 5.75 Å². The number of methoxy groups -OCH3 is 1. The first-order valence-corrected chi connectivity index (χ1v) is 15.3. The van der Waals surface area contributed by atoms with Gasteiger partial charge in [0.15, 0.2) is 0 Å². The van der Waals surface area contributed by atoms with Crippen LogP contribution in [0.2, 0.25) is 0 Å². The molecule has 220 valence electrons. The first-order valence-electron chi connectivity index (χ1n) is 15.3. The summed E-state index contributed by atoms with van der Waals surface area (Å²) in [5.41, 5.74) is 0.412. The second-order valence-electron chi connectivity index (χ2n) is 14.4. The zero-order valence-electron chi connectivity index (χ0n) is 25.5. The van der Waals surface area contributed by atoms with Gasteiger partial charge < -0.3 is 24.1 Å². The molecule has 6 rings (SSSR count). The average Bonchev–Trinajstić information content (AvgIpc) is 3.25. The number of ether oxygens (including phenoxy) is 2. The van der Waals surface area contributed by atoms with E-state index in [1.807, 2.05) is 32.9 Å². The first-order chi connectivity index (χ1) is 18.8. The molecule has 4 saturated carbocycles. The Bertz CT molecular complexity index is 1110. The highest BCUT2D eigenvalue weighted by molar-refractivity contribution is 6.48. The second kappa shape index (κ2) is 11.0. The Kier molecular flexibility index (Phi) is 8.08. The van der Waals surface area contributed by atoms with E-state index in [0.717, 1.165) is 24.8 Å². The standard InChI is InChI=1S/C32H48BNO6/c1-30(2,3)38-29(36)23-15-11-14-21(28(23)37-7)17-26(34-27(35)16-20-12-9-8-10-13-20)33-39-25-19-22-18-24(31(22,4)5)32(25,6)40-33/h11,14-15,20,22,24-26H,8-10,12-13,16-19H2,1-7H3,(H,34,35)/t22?,24?,25?,26-,32?/m0/s1. The first kappa shape index (κ1) is 29.4. The van der Waals surface area contributed by atoms with Crippen molar-refractivity contribution in [3.05, 3.63) is 29.3 Å². The number of carbonyl (C=O) groups is 2. The summed E-state index contributed by atoms with van der Waals surface area (Å²) in [7, 11) is 0.993. The number of amides is 1. The molecule has 5 atom stereocenters. The predicted molar refractivity (Wildman–Crippen MR) is 155 cm³/mol. The summed E-state index contributed by atoms with van der Waals surface area (Å²) in [6.07, 6.45) is 8.98. The molecule has 7 nitrogen and oxygen atoms in total. The van der Waals surface area contributed by atoms with Crippen LogP contribution in [0.15, 0.2) is 18.2 Å². The van der Waals surface area contributed by atoms with Crippen LogP contribution in [0, 0.1) is 23.2 Å². The molecule has 1 aromatic rings. The van der Waals surface area contributed by atoms with E-state index < -0.39 is 24.6 Å². The number of hydrogen-bond acceptors (Lipinski definition) is 6. The lowest BCUT2D eigenvalue weighted by molar-refractivity contribution is -0.199. The van der Waals surface area contributed by atoms with Gasteiger partial charge in [0.1, 0.15) is 16.9 Å². The predicted octanol–water partition coefficient (Wildman–Crippen LogP) is 5.92. The third kappa shape index (κ3) is 5.68. The van der Waals surface area contributed by atoms with Crippen LogP contribution in [-0.2, 0) is 25.3 Å². The molecule has 1 aliphatic heterocycles. The molecule has 5 aliphatic rings. The Balaban J connectivity index is 1.39. The van der Waals surface area contributed by atoms with E-state index in [9.17, 15) is 9.59 Å². The van der Waals surface area contributed by atoms with Crippen LogP contribution in [0.25, 0.3) is 0 Å². The van der Waals surface area contributed by atoms with Gasteiger partial charge in [0.2, 0.25) is 5.91 Å². The molecule has 1 saturated heterocycles. The lowest BCUT2D eigenvalue weighted by atomic mass is 9.43. The van der Waals surface area contributed by atoms with Crippen molar-refractivity contribution in [2.75, 3.05) is 7.11 Å². The largest absolute Gasteiger partial charge is 0.496 e. The summed E-state index contributed by atoms with van der Waals surface area (Å²) >= 11 is 0. The van der Waals surface area contributed by atoms with Crippen LogP contribution in [0.1, 0.15) is 109 Å². The maximum absolute atomic E-state index is 13.4. The average molecular weight is 554 g/mol. The van der Waals surface area contributed by atoms with Gasteiger partial charge in [0, 0.05) is 6.42 Å². The molecule has 5 fully saturated rings. The number of rotatable bonds is 8. The van der Waals surface area contributed by atoms with E-state index in [0.29, 0.717) is 41.9 Å². The highest BCUT2D eigenvalue weighted by Crippen LogP contribution is 2.65. The molecule has 1 amide bonds. The highest BCUT2D eigenvalue weighted by atomic mass is 16.7. The number of hydrogen-bond donors (Lipinski definition) is 1. The van der Waals surface area contributed by atoms with E-state index in [1.54, 1.807) is 13.2 Å². The van der Waals surface area contributed by atoms with Crippen molar-refractivity contribution in [3.8, 4) is 5.75 Å². The van der Waals surface area contributed by atoms with Crippen molar-refractivity contribution < 1.29 is 28.4 Å². The molecule has 8 heteroatoms. The molecular weight excluding hydrogens is 505 g/mol. The minimum absolute atomic E-state index is 0.0158. The van der Waals surface area contributed by atoms with Crippen molar-refractivity contribution in [3.63, 3.8) is 0 Å². The number of carbonyl (C=O) groups excluding carboxylic acids is 2. The van der Waals surface area contributed by atoms with Crippen LogP contribution in [-0.4, -0.2) is 49.4 Å². The molecule has 0 aromatic heterocycles.